The summed E-state index contributed by atoms with van der Waals surface area (Å²) < 4.78 is 10.5. The van der Waals surface area contributed by atoms with Gasteiger partial charge in [0.1, 0.15) is 11.5 Å². The highest BCUT2D eigenvalue weighted by Gasteiger charge is 2.09. The molecule has 2 rings (SSSR count). The number of aryl methyl sites for hydroxylation is 2. The van der Waals surface area contributed by atoms with Crippen molar-refractivity contribution < 1.29 is 14.3 Å². The minimum atomic E-state index is -0.334. The van der Waals surface area contributed by atoms with Crippen molar-refractivity contribution in [1.29, 1.82) is 0 Å². The molecule has 0 saturated heterocycles. The number of methoxy groups -OCH3 is 1. The summed E-state index contributed by atoms with van der Waals surface area (Å²) >= 11 is 0. The van der Waals surface area contributed by atoms with Gasteiger partial charge < -0.3 is 9.47 Å². The minimum Gasteiger partial charge on any atom is -0.465 e. The normalized spacial score (nSPS) is 10.1. The molecule has 0 radical (unpaired) electrons. The number of ether oxygens (including phenoxy) is 2. The van der Waals surface area contributed by atoms with Gasteiger partial charge in [-0.3, -0.25) is 0 Å². The Morgan fingerprint density at radius 3 is 2.37 bits per heavy atom. The second-order valence-corrected chi connectivity index (χ2v) is 4.39. The van der Waals surface area contributed by atoms with Crippen LogP contribution in [0, 0.1) is 13.8 Å². The van der Waals surface area contributed by atoms with Crippen LogP contribution in [0.15, 0.2) is 42.5 Å². The predicted octanol–water partition coefficient (Wildman–Crippen LogP) is 3.88. The van der Waals surface area contributed by atoms with E-state index in [0.29, 0.717) is 11.3 Å². The van der Waals surface area contributed by atoms with Crippen molar-refractivity contribution in [3.63, 3.8) is 0 Å². The largest absolute Gasteiger partial charge is 0.465 e. The molecule has 0 saturated carbocycles. The van der Waals surface area contributed by atoms with Crippen LogP contribution in [0.2, 0.25) is 0 Å². The summed E-state index contributed by atoms with van der Waals surface area (Å²) in [5, 5.41) is 0. The van der Waals surface area contributed by atoms with Crippen molar-refractivity contribution in [2.45, 2.75) is 13.8 Å². The summed E-state index contributed by atoms with van der Waals surface area (Å²) in [6, 6.07) is 13.1. The number of hydrogen-bond donors (Lipinski definition) is 0. The highest BCUT2D eigenvalue weighted by molar-refractivity contribution is 5.91. The molecule has 0 heterocycles. The van der Waals surface area contributed by atoms with Crippen LogP contribution in [0.4, 0.5) is 0 Å². The van der Waals surface area contributed by atoms with E-state index in [0.717, 1.165) is 16.9 Å². The molecule has 0 N–H and O–H groups in total. The van der Waals surface area contributed by atoms with Crippen molar-refractivity contribution in [3.8, 4) is 11.5 Å². The molecule has 0 amide bonds. The van der Waals surface area contributed by atoms with E-state index in [1.807, 2.05) is 44.2 Å². The van der Waals surface area contributed by atoms with E-state index in [-0.39, 0.29) is 5.97 Å². The zero-order chi connectivity index (χ0) is 13.8. The molecule has 0 fully saturated rings. The molecule has 0 atom stereocenters. The van der Waals surface area contributed by atoms with Crippen LogP contribution in [0.3, 0.4) is 0 Å². The maximum atomic E-state index is 11.5. The number of benzene rings is 2. The first-order chi connectivity index (χ1) is 9.10. The van der Waals surface area contributed by atoms with Crippen molar-refractivity contribution in [2.75, 3.05) is 7.11 Å². The summed E-state index contributed by atoms with van der Waals surface area (Å²) in [5.41, 5.74) is 2.52. The van der Waals surface area contributed by atoms with E-state index in [2.05, 4.69) is 0 Å². The minimum absolute atomic E-state index is 0.334. The van der Waals surface area contributed by atoms with Gasteiger partial charge in [-0.2, -0.15) is 0 Å². The van der Waals surface area contributed by atoms with Gasteiger partial charge in [-0.15, -0.1) is 0 Å². The van der Waals surface area contributed by atoms with Gasteiger partial charge in [0, 0.05) is 0 Å². The monoisotopic (exact) mass is 256 g/mol. The van der Waals surface area contributed by atoms with Gasteiger partial charge in [-0.25, -0.2) is 4.79 Å². The van der Waals surface area contributed by atoms with Crippen LogP contribution >= 0.6 is 0 Å². The second-order valence-electron chi connectivity index (χ2n) is 4.39. The first-order valence-electron chi connectivity index (χ1n) is 6.03. The van der Waals surface area contributed by atoms with Crippen molar-refractivity contribution >= 4 is 5.97 Å². The molecule has 0 aliphatic carbocycles. The Morgan fingerprint density at radius 1 is 1.00 bits per heavy atom. The standard InChI is InChI=1S/C16H16O3/c1-11-5-4-6-13(9-11)19-14-7-8-15(12(2)10-14)16(17)18-3/h4-10H,1-3H3. The van der Waals surface area contributed by atoms with E-state index in [1.54, 1.807) is 12.1 Å². The fraction of sp³-hybridized carbons (Fsp3) is 0.188. The molecule has 0 bridgehead atoms. The number of carbonyl (C=O) groups excluding carboxylic acids is 1. The molecule has 3 heteroatoms. The Labute approximate surface area is 112 Å². The third-order valence-corrected chi connectivity index (χ3v) is 2.83. The molecular weight excluding hydrogens is 240 g/mol. The fourth-order valence-electron chi connectivity index (χ4n) is 1.85. The number of esters is 1. The molecule has 3 nitrogen and oxygen atoms in total. The smallest absolute Gasteiger partial charge is 0.338 e. The lowest BCUT2D eigenvalue weighted by molar-refractivity contribution is 0.0600. The van der Waals surface area contributed by atoms with Crippen molar-refractivity contribution in [1.82, 2.24) is 0 Å². The summed E-state index contributed by atoms with van der Waals surface area (Å²) in [7, 11) is 1.37. The maximum Gasteiger partial charge on any atom is 0.338 e. The van der Waals surface area contributed by atoms with Gasteiger partial charge in [0.25, 0.3) is 0 Å². The SMILES string of the molecule is COC(=O)c1ccc(Oc2cccc(C)c2)cc1C. The molecule has 19 heavy (non-hydrogen) atoms. The van der Waals surface area contributed by atoms with Crippen LogP contribution in [0.25, 0.3) is 0 Å². The number of rotatable bonds is 3. The van der Waals surface area contributed by atoms with E-state index in [4.69, 9.17) is 9.47 Å². The molecule has 2 aromatic carbocycles. The Balaban J connectivity index is 2.23. The Bertz CT molecular complexity index is 603. The molecule has 0 spiro atoms. The topological polar surface area (TPSA) is 35.5 Å². The van der Waals surface area contributed by atoms with Crippen LogP contribution in [-0.4, -0.2) is 13.1 Å². The van der Waals surface area contributed by atoms with Crippen LogP contribution in [-0.2, 0) is 4.74 Å². The molecule has 0 aliphatic heterocycles. The lowest BCUT2D eigenvalue weighted by Gasteiger charge is -2.09. The highest BCUT2D eigenvalue weighted by atomic mass is 16.5. The van der Waals surface area contributed by atoms with Gasteiger partial charge in [-0.05, 0) is 55.3 Å². The lowest BCUT2D eigenvalue weighted by atomic mass is 10.1. The highest BCUT2D eigenvalue weighted by Crippen LogP contribution is 2.24. The fourth-order valence-corrected chi connectivity index (χ4v) is 1.85. The van der Waals surface area contributed by atoms with Gasteiger partial charge in [-0.1, -0.05) is 12.1 Å². The van der Waals surface area contributed by atoms with Crippen molar-refractivity contribution in [2.24, 2.45) is 0 Å². The van der Waals surface area contributed by atoms with Gasteiger partial charge >= 0.3 is 5.97 Å². The molecule has 0 aromatic heterocycles. The molecule has 98 valence electrons. The summed E-state index contributed by atoms with van der Waals surface area (Å²) in [5.74, 6) is 1.15. The third kappa shape index (κ3) is 3.13. The Morgan fingerprint density at radius 2 is 1.74 bits per heavy atom. The average molecular weight is 256 g/mol. The molecule has 2 aromatic rings. The summed E-state index contributed by atoms with van der Waals surface area (Å²) in [6.45, 7) is 3.87. The van der Waals surface area contributed by atoms with E-state index in [9.17, 15) is 4.79 Å². The van der Waals surface area contributed by atoms with Crippen molar-refractivity contribution in [3.05, 3.63) is 59.2 Å². The quantitative estimate of drug-likeness (QED) is 0.782. The van der Waals surface area contributed by atoms with Gasteiger partial charge in [0.2, 0.25) is 0 Å². The first-order valence-corrected chi connectivity index (χ1v) is 6.03. The molecule has 0 unspecified atom stereocenters. The average Bonchev–Trinajstić information content (AvgIpc) is 2.38. The van der Waals surface area contributed by atoms with Crippen LogP contribution in [0.5, 0.6) is 11.5 Å². The van der Waals surface area contributed by atoms with Gasteiger partial charge in [0.15, 0.2) is 0 Å². The number of carbonyl (C=O) groups is 1. The third-order valence-electron chi connectivity index (χ3n) is 2.83. The lowest BCUT2D eigenvalue weighted by Crippen LogP contribution is -2.03. The summed E-state index contributed by atoms with van der Waals surface area (Å²) in [6.07, 6.45) is 0. The maximum absolute atomic E-state index is 11.5. The Hall–Kier alpha value is -2.29. The molecular formula is C16H16O3. The Kier molecular flexibility index (Phi) is 3.85. The molecule has 0 aliphatic rings. The zero-order valence-corrected chi connectivity index (χ0v) is 11.3. The number of hydrogen-bond acceptors (Lipinski definition) is 3. The van der Waals surface area contributed by atoms with E-state index in [1.165, 1.54) is 7.11 Å². The second kappa shape index (κ2) is 5.57. The first kappa shape index (κ1) is 13.1. The van der Waals surface area contributed by atoms with Gasteiger partial charge in [0.05, 0.1) is 12.7 Å². The summed E-state index contributed by atoms with van der Waals surface area (Å²) in [4.78, 5) is 11.5. The van der Waals surface area contributed by atoms with E-state index >= 15 is 0 Å². The van der Waals surface area contributed by atoms with Crippen LogP contribution < -0.4 is 4.74 Å². The van der Waals surface area contributed by atoms with E-state index < -0.39 is 0 Å². The van der Waals surface area contributed by atoms with Crippen LogP contribution in [0.1, 0.15) is 21.5 Å². The predicted molar refractivity (Wildman–Crippen MR) is 73.8 cm³/mol. The zero-order valence-electron chi connectivity index (χ0n) is 11.3.